The molecule has 1 atom stereocenters. The van der Waals surface area contributed by atoms with E-state index in [1.165, 1.54) is 4.90 Å². The van der Waals surface area contributed by atoms with E-state index in [2.05, 4.69) is 5.32 Å². The Morgan fingerprint density at radius 3 is 2.21 bits per heavy atom. The van der Waals surface area contributed by atoms with Crippen molar-refractivity contribution in [2.75, 3.05) is 23.7 Å². The first-order valence-corrected chi connectivity index (χ1v) is 12.8. The molecule has 2 aromatic rings. The highest BCUT2D eigenvalue weighted by Crippen LogP contribution is 2.22. The van der Waals surface area contributed by atoms with Gasteiger partial charge in [-0.15, -0.1) is 0 Å². The van der Waals surface area contributed by atoms with Gasteiger partial charge in [0.05, 0.1) is 11.9 Å². The van der Waals surface area contributed by atoms with Crippen LogP contribution in [0.5, 0.6) is 0 Å². The Balaban J connectivity index is 2.41. The number of benzene rings is 2. The Morgan fingerprint density at radius 1 is 1.03 bits per heavy atom. The highest BCUT2D eigenvalue weighted by atomic mass is 32.2. The minimum absolute atomic E-state index is 0.0721. The van der Waals surface area contributed by atoms with Gasteiger partial charge in [0, 0.05) is 19.2 Å². The van der Waals surface area contributed by atoms with E-state index in [1.807, 2.05) is 19.9 Å². The highest BCUT2D eigenvalue weighted by molar-refractivity contribution is 7.92. The van der Waals surface area contributed by atoms with Gasteiger partial charge in [-0.25, -0.2) is 17.2 Å². The molecule has 0 fully saturated rings. The lowest BCUT2D eigenvalue weighted by atomic mass is 10.1. The summed E-state index contributed by atoms with van der Waals surface area (Å²) in [6.45, 7) is 5.47. The van der Waals surface area contributed by atoms with E-state index >= 15 is 0 Å². The van der Waals surface area contributed by atoms with Crippen LogP contribution in [0.3, 0.4) is 0 Å². The first-order chi connectivity index (χ1) is 15.9. The second kappa shape index (κ2) is 11.9. The normalized spacial score (nSPS) is 12.3. The van der Waals surface area contributed by atoms with Gasteiger partial charge in [0.2, 0.25) is 21.8 Å². The third-order valence-corrected chi connectivity index (χ3v) is 6.28. The van der Waals surface area contributed by atoms with E-state index in [0.717, 1.165) is 30.0 Å². The molecule has 1 N–H and O–H groups in total. The van der Waals surface area contributed by atoms with E-state index in [-0.39, 0.29) is 24.1 Å². The van der Waals surface area contributed by atoms with E-state index < -0.39 is 40.2 Å². The fourth-order valence-electron chi connectivity index (χ4n) is 3.38. The predicted molar refractivity (Wildman–Crippen MR) is 127 cm³/mol. The van der Waals surface area contributed by atoms with Crippen molar-refractivity contribution < 1.29 is 26.8 Å². The summed E-state index contributed by atoms with van der Waals surface area (Å²) in [6.07, 6.45) is 1.17. The first-order valence-electron chi connectivity index (χ1n) is 11.0. The van der Waals surface area contributed by atoms with Crippen molar-refractivity contribution in [1.29, 1.82) is 0 Å². The minimum Gasteiger partial charge on any atom is -0.354 e. The van der Waals surface area contributed by atoms with Crippen LogP contribution in [0.4, 0.5) is 14.5 Å². The number of hydrogen-bond acceptors (Lipinski definition) is 4. The number of carbonyl (C=O) groups excluding carboxylic acids is 2. The van der Waals surface area contributed by atoms with Gasteiger partial charge in [0.1, 0.15) is 12.6 Å². The Kier molecular flexibility index (Phi) is 9.55. The summed E-state index contributed by atoms with van der Waals surface area (Å²) in [5.41, 5.74) is 0.566. The smallest absolute Gasteiger partial charge is 0.244 e. The molecule has 0 heterocycles. The summed E-state index contributed by atoms with van der Waals surface area (Å²) < 4.78 is 52.8. The SMILES string of the molecule is CC[C@H](C(=O)NCC(C)C)N(Cc1ccccc1)C(=O)CN(c1ccc(F)c(F)c1)S(C)(=O)=O. The van der Waals surface area contributed by atoms with E-state index in [1.54, 1.807) is 31.2 Å². The van der Waals surface area contributed by atoms with E-state index in [9.17, 15) is 26.8 Å². The van der Waals surface area contributed by atoms with Crippen molar-refractivity contribution in [3.05, 3.63) is 65.7 Å². The largest absolute Gasteiger partial charge is 0.354 e. The molecule has 0 spiro atoms. The molecule has 0 saturated carbocycles. The maximum absolute atomic E-state index is 13.8. The van der Waals surface area contributed by atoms with Crippen molar-refractivity contribution in [2.45, 2.75) is 39.8 Å². The number of nitrogens with one attached hydrogen (secondary N) is 1. The van der Waals surface area contributed by atoms with Gasteiger partial charge in [-0.05, 0) is 30.0 Å². The molecule has 186 valence electrons. The average molecular weight is 496 g/mol. The number of halogens is 2. The van der Waals surface area contributed by atoms with Crippen LogP contribution < -0.4 is 9.62 Å². The summed E-state index contributed by atoms with van der Waals surface area (Å²) in [4.78, 5) is 27.7. The van der Waals surface area contributed by atoms with Crippen molar-refractivity contribution in [3.8, 4) is 0 Å². The molecule has 7 nitrogen and oxygen atoms in total. The first kappa shape index (κ1) is 27.2. The Bertz CT molecular complexity index is 1090. The highest BCUT2D eigenvalue weighted by Gasteiger charge is 2.32. The fourth-order valence-corrected chi connectivity index (χ4v) is 4.22. The quantitative estimate of drug-likeness (QED) is 0.518. The molecular weight excluding hydrogens is 464 g/mol. The molecule has 0 aromatic heterocycles. The van der Waals surface area contributed by atoms with Crippen LogP contribution in [0.25, 0.3) is 0 Å². The lowest BCUT2D eigenvalue weighted by Crippen LogP contribution is -2.52. The Labute approximate surface area is 199 Å². The molecule has 0 aliphatic rings. The molecule has 0 unspecified atom stereocenters. The zero-order chi connectivity index (χ0) is 25.5. The van der Waals surface area contributed by atoms with Crippen LogP contribution in [0, 0.1) is 17.6 Å². The third kappa shape index (κ3) is 7.51. The molecule has 34 heavy (non-hydrogen) atoms. The average Bonchev–Trinajstić information content (AvgIpc) is 2.77. The molecule has 0 bridgehead atoms. The van der Waals surface area contributed by atoms with Gasteiger partial charge in [0.25, 0.3) is 0 Å². The lowest BCUT2D eigenvalue weighted by Gasteiger charge is -2.33. The monoisotopic (exact) mass is 495 g/mol. The number of hydrogen-bond donors (Lipinski definition) is 1. The van der Waals surface area contributed by atoms with Gasteiger partial charge in [-0.3, -0.25) is 13.9 Å². The summed E-state index contributed by atoms with van der Waals surface area (Å²) in [5.74, 6) is -3.17. The maximum atomic E-state index is 13.8. The van der Waals surface area contributed by atoms with Crippen molar-refractivity contribution in [2.24, 2.45) is 5.92 Å². The number of carbonyl (C=O) groups is 2. The lowest BCUT2D eigenvalue weighted by molar-refractivity contribution is -0.140. The summed E-state index contributed by atoms with van der Waals surface area (Å²) in [6, 6.07) is 10.7. The molecule has 0 aliphatic heterocycles. The van der Waals surface area contributed by atoms with E-state index in [0.29, 0.717) is 17.3 Å². The fraction of sp³-hybridized carbons (Fsp3) is 0.417. The van der Waals surface area contributed by atoms with Crippen LogP contribution in [0.15, 0.2) is 48.5 Å². The summed E-state index contributed by atoms with van der Waals surface area (Å²) in [7, 11) is -4.03. The molecule has 10 heteroatoms. The summed E-state index contributed by atoms with van der Waals surface area (Å²) >= 11 is 0. The predicted octanol–water partition coefficient (Wildman–Crippen LogP) is 3.31. The van der Waals surface area contributed by atoms with Crippen LogP contribution >= 0.6 is 0 Å². The minimum atomic E-state index is -4.03. The summed E-state index contributed by atoms with van der Waals surface area (Å²) in [5, 5.41) is 2.83. The maximum Gasteiger partial charge on any atom is 0.244 e. The van der Waals surface area contributed by atoms with Gasteiger partial charge in [-0.2, -0.15) is 0 Å². The Hall–Kier alpha value is -3.01. The number of rotatable bonds is 11. The molecule has 2 aromatic carbocycles. The third-order valence-electron chi connectivity index (χ3n) is 5.14. The molecule has 2 rings (SSSR count). The Morgan fingerprint density at radius 2 is 1.68 bits per heavy atom. The van der Waals surface area contributed by atoms with E-state index in [4.69, 9.17) is 0 Å². The van der Waals surface area contributed by atoms with Crippen LogP contribution in [-0.2, 0) is 26.2 Å². The van der Waals surface area contributed by atoms with Crippen molar-refractivity contribution in [3.63, 3.8) is 0 Å². The van der Waals surface area contributed by atoms with Crippen molar-refractivity contribution in [1.82, 2.24) is 10.2 Å². The van der Waals surface area contributed by atoms with Crippen LogP contribution in [-0.4, -0.2) is 50.5 Å². The zero-order valence-corrected chi connectivity index (χ0v) is 20.6. The second-order valence-corrected chi connectivity index (χ2v) is 10.3. The molecule has 0 radical (unpaired) electrons. The second-order valence-electron chi connectivity index (χ2n) is 8.44. The van der Waals surface area contributed by atoms with Gasteiger partial charge < -0.3 is 10.2 Å². The topological polar surface area (TPSA) is 86.8 Å². The number of amides is 2. The molecule has 0 saturated heterocycles. The van der Waals surface area contributed by atoms with Crippen LogP contribution in [0.1, 0.15) is 32.8 Å². The standard InChI is InChI=1S/C24H31F2N3O4S/c1-5-22(24(31)27-14-17(2)3)28(15-18-9-7-6-8-10-18)23(30)16-29(34(4,32)33)19-11-12-20(25)21(26)13-19/h6-13,17,22H,5,14-16H2,1-4H3,(H,27,31)/t22-/m1/s1. The van der Waals surface area contributed by atoms with Gasteiger partial charge >= 0.3 is 0 Å². The van der Waals surface area contributed by atoms with Crippen molar-refractivity contribution >= 4 is 27.5 Å². The number of nitrogens with zero attached hydrogens (tertiary/aromatic N) is 2. The number of anilines is 1. The molecular formula is C24H31F2N3O4S. The van der Waals surface area contributed by atoms with Gasteiger partial charge in [-0.1, -0.05) is 51.1 Å². The molecule has 0 aliphatic carbocycles. The molecule has 2 amide bonds. The van der Waals surface area contributed by atoms with Gasteiger partial charge in [0.15, 0.2) is 11.6 Å². The van der Waals surface area contributed by atoms with Crippen LogP contribution in [0.2, 0.25) is 0 Å². The zero-order valence-electron chi connectivity index (χ0n) is 19.8. The number of sulfonamides is 1.